The summed E-state index contributed by atoms with van der Waals surface area (Å²) >= 11 is -1.84. The molecule has 6 heteroatoms. The Labute approximate surface area is 149 Å². The van der Waals surface area contributed by atoms with Crippen LogP contribution in [0.25, 0.3) is 11.3 Å². The van der Waals surface area contributed by atoms with Gasteiger partial charge in [-0.25, -0.2) is 4.21 Å². The monoisotopic (exact) mass is 356 g/mol. The number of benzene rings is 2. The van der Waals surface area contributed by atoms with Gasteiger partial charge < -0.3 is 9.39 Å². The Morgan fingerprint density at radius 3 is 2.44 bits per heavy atom. The molecule has 0 aliphatic rings. The summed E-state index contributed by atoms with van der Waals surface area (Å²) in [6.07, 6.45) is 2.66. The van der Waals surface area contributed by atoms with Crippen molar-refractivity contribution < 1.29 is 13.6 Å². The normalized spacial score (nSPS) is 12.1. The zero-order chi connectivity index (χ0) is 17.6. The fraction of sp³-hybridized carbons (Fsp3) is 0.211. The third kappa shape index (κ3) is 4.55. The molecule has 0 saturated heterocycles. The molecule has 1 atom stereocenters. The molecule has 130 valence electrons. The van der Waals surface area contributed by atoms with Gasteiger partial charge in [0.15, 0.2) is 11.1 Å². The maximum Gasteiger partial charge on any atom is 0.157 e. The molecular weight excluding hydrogens is 336 g/mol. The predicted octanol–water partition coefficient (Wildman–Crippen LogP) is 3.31. The van der Waals surface area contributed by atoms with Crippen LogP contribution in [0, 0.1) is 0 Å². The van der Waals surface area contributed by atoms with Crippen LogP contribution in [-0.4, -0.2) is 25.3 Å². The second kappa shape index (κ2) is 8.09. The Morgan fingerprint density at radius 2 is 1.80 bits per heavy atom. The maximum atomic E-state index is 10.9. The van der Waals surface area contributed by atoms with Crippen LogP contribution in [0.5, 0.6) is 0 Å². The fourth-order valence-corrected chi connectivity index (χ4v) is 3.15. The molecule has 0 aliphatic carbocycles. The zero-order valence-electron chi connectivity index (χ0n) is 14.0. The molecule has 1 aromatic heterocycles. The van der Waals surface area contributed by atoms with Gasteiger partial charge in [-0.05, 0) is 18.1 Å². The third-order valence-electron chi connectivity index (χ3n) is 3.79. The van der Waals surface area contributed by atoms with E-state index in [4.69, 9.17) is 9.39 Å². The molecule has 1 heterocycles. The van der Waals surface area contributed by atoms with Crippen LogP contribution in [-0.2, 0) is 23.3 Å². The lowest BCUT2D eigenvalue weighted by molar-refractivity contribution is 0.0931. The van der Waals surface area contributed by atoms with Crippen molar-refractivity contribution >= 4 is 11.1 Å². The highest BCUT2D eigenvalue weighted by Crippen LogP contribution is 2.25. The van der Waals surface area contributed by atoms with Gasteiger partial charge in [0.25, 0.3) is 0 Å². The van der Waals surface area contributed by atoms with Crippen LogP contribution in [0.2, 0.25) is 0 Å². The molecule has 3 aromatic rings. The standard InChI is InChI=1S/C19H20N2O3S/c1-2-24-21-13-18(12-15-6-4-3-5-7-15)19(20-21)17-10-8-16(9-11-17)14-25(22)23/h3-11,13H,2,12,14H2,1H3,(H,22,23). The molecule has 0 bridgehead atoms. The van der Waals surface area contributed by atoms with Gasteiger partial charge >= 0.3 is 0 Å². The molecule has 0 fully saturated rings. The molecule has 25 heavy (non-hydrogen) atoms. The van der Waals surface area contributed by atoms with Crippen LogP contribution in [0.15, 0.2) is 60.8 Å². The quantitative estimate of drug-likeness (QED) is 0.660. The Balaban J connectivity index is 1.92. The smallest absolute Gasteiger partial charge is 0.157 e. The number of nitrogens with zero attached hydrogens (tertiary/aromatic N) is 2. The summed E-state index contributed by atoms with van der Waals surface area (Å²) in [5.74, 6) is 0.130. The van der Waals surface area contributed by atoms with E-state index < -0.39 is 11.1 Å². The summed E-state index contributed by atoms with van der Waals surface area (Å²) < 4.78 is 19.9. The summed E-state index contributed by atoms with van der Waals surface area (Å²) in [7, 11) is 0. The van der Waals surface area contributed by atoms with Crippen molar-refractivity contribution in [1.29, 1.82) is 0 Å². The van der Waals surface area contributed by atoms with E-state index in [0.29, 0.717) is 6.61 Å². The first kappa shape index (κ1) is 17.4. The molecule has 2 aromatic carbocycles. The summed E-state index contributed by atoms with van der Waals surface area (Å²) in [5.41, 5.74) is 4.90. The van der Waals surface area contributed by atoms with E-state index in [1.165, 1.54) is 10.4 Å². The first-order valence-corrected chi connectivity index (χ1v) is 9.36. The van der Waals surface area contributed by atoms with Crippen molar-refractivity contribution in [2.75, 3.05) is 6.61 Å². The number of rotatable bonds is 7. The number of hydrogen-bond acceptors (Lipinski definition) is 3. The van der Waals surface area contributed by atoms with Gasteiger partial charge in [0.1, 0.15) is 6.61 Å². The summed E-state index contributed by atoms with van der Waals surface area (Å²) in [6.45, 7) is 2.45. The second-order valence-electron chi connectivity index (χ2n) is 5.65. The van der Waals surface area contributed by atoms with Crippen molar-refractivity contribution in [3.8, 4) is 11.3 Å². The first-order chi connectivity index (χ1) is 12.2. The predicted molar refractivity (Wildman–Crippen MR) is 98.5 cm³/mol. The van der Waals surface area contributed by atoms with Crippen molar-refractivity contribution in [3.63, 3.8) is 0 Å². The fourth-order valence-electron chi connectivity index (χ4n) is 2.67. The molecule has 1 unspecified atom stereocenters. The largest absolute Gasteiger partial charge is 0.397 e. The molecule has 0 saturated carbocycles. The van der Waals surface area contributed by atoms with Crippen LogP contribution < -0.4 is 4.84 Å². The van der Waals surface area contributed by atoms with Crippen molar-refractivity contribution in [1.82, 2.24) is 9.94 Å². The Hall–Kier alpha value is -2.44. The number of hydrogen-bond donors (Lipinski definition) is 1. The molecule has 0 spiro atoms. The van der Waals surface area contributed by atoms with E-state index in [1.807, 2.05) is 55.6 Å². The molecule has 1 N–H and O–H groups in total. The van der Waals surface area contributed by atoms with E-state index in [2.05, 4.69) is 17.2 Å². The molecular formula is C19H20N2O3S. The number of aromatic nitrogens is 2. The van der Waals surface area contributed by atoms with Gasteiger partial charge in [0.2, 0.25) is 0 Å². The van der Waals surface area contributed by atoms with E-state index in [1.54, 1.807) is 0 Å². The van der Waals surface area contributed by atoms with Crippen molar-refractivity contribution in [2.45, 2.75) is 19.1 Å². The van der Waals surface area contributed by atoms with E-state index >= 15 is 0 Å². The van der Waals surface area contributed by atoms with Gasteiger partial charge in [-0.3, -0.25) is 0 Å². The van der Waals surface area contributed by atoms with E-state index in [9.17, 15) is 4.21 Å². The highest BCUT2D eigenvalue weighted by Gasteiger charge is 2.13. The SMILES string of the molecule is CCOn1cc(Cc2ccccc2)c(-c2ccc(CS(=O)O)cc2)n1. The van der Waals surface area contributed by atoms with Crippen molar-refractivity contribution in [3.05, 3.63) is 77.5 Å². The summed E-state index contributed by atoms with van der Waals surface area (Å²) in [4.78, 5) is 7.00. The lowest BCUT2D eigenvalue weighted by atomic mass is 10.0. The minimum absolute atomic E-state index is 0.130. The molecule has 0 aliphatic heterocycles. The second-order valence-corrected chi connectivity index (χ2v) is 6.58. The molecule has 0 amide bonds. The molecule has 0 radical (unpaired) electrons. The zero-order valence-corrected chi connectivity index (χ0v) is 14.8. The van der Waals surface area contributed by atoms with Gasteiger partial charge in [-0.15, -0.1) is 9.94 Å². The van der Waals surface area contributed by atoms with Gasteiger partial charge in [-0.2, -0.15) is 0 Å². The lowest BCUT2D eigenvalue weighted by Gasteiger charge is -2.04. The van der Waals surface area contributed by atoms with Gasteiger partial charge in [0.05, 0.1) is 17.6 Å². The Morgan fingerprint density at radius 1 is 1.08 bits per heavy atom. The Bertz CT molecular complexity index is 845. The molecule has 5 nitrogen and oxygen atoms in total. The maximum absolute atomic E-state index is 10.9. The minimum Gasteiger partial charge on any atom is -0.397 e. The first-order valence-electron chi connectivity index (χ1n) is 8.08. The topological polar surface area (TPSA) is 64.3 Å². The van der Waals surface area contributed by atoms with Crippen molar-refractivity contribution in [2.24, 2.45) is 0 Å². The highest BCUT2D eigenvalue weighted by atomic mass is 32.2. The van der Waals surface area contributed by atoms with Crippen LogP contribution in [0.1, 0.15) is 23.6 Å². The van der Waals surface area contributed by atoms with Crippen LogP contribution in [0.4, 0.5) is 0 Å². The third-order valence-corrected chi connectivity index (χ3v) is 4.37. The lowest BCUT2D eigenvalue weighted by Crippen LogP contribution is -2.10. The molecule has 3 rings (SSSR count). The van der Waals surface area contributed by atoms with E-state index in [0.717, 1.165) is 28.8 Å². The van der Waals surface area contributed by atoms with Crippen LogP contribution >= 0.6 is 0 Å². The highest BCUT2D eigenvalue weighted by molar-refractivity contribution is 7.78. The average molecular weight is 356 g/mol. The summed E-state index contributed by atoms with van der Waals surface area (Å²) in [6, 6.07) is 17.8. The van der Waals surface area contributed by atoms with Gasteiger partial charge in [0, 0.05) is 17.5 Å². The van der Waals surface area contributed by atoms with Gasteiger partial charge in [-0.1, -0.05) is 54.6 Å². The Kier molecular flexibility index (Phi) is 5.63. The average Bonchev–Trinajstić information content (AvgIpc) is 2.99. The van der Waals surface area contributed by atoms with E-state index in [-0.39, 0.29) is 5.75 Å². The van der Waals surface area contributed by atoms with Crippen LogP contribution in [0.3, 0.4) is 0 Å². The summed E-state index contributed by atoms with van der Waals surface area (Å²) in [5, 5.41) is 4.54. The minimum atomic E-state index is -1.84.